The Balaban J connectivity index is 1.75. The van der Waals surface area contributed by atoms with Crippen molar-refractivity contribution in [2.24, 2.45) is 0 Å². The summed E-state index contributed by atoms with van der Waals surface area (Å²) in [7, 11) is 0. The molecule has 0 N–H and O–H groups in total. The molecule has 0 aliphatic carbocycles. The van der Waals surface area contributed by atoms with E-state index in [1.54, 1.807) is 11.3 Å². The Bertz CT molecular complexity index is 731. The molecular formula is C22H24O2S. The molecule has 1 aromatic heterocycles. The Labute approximate surface area is 154 Å². The molecule has 3 heteroatoms. The second kappa shape index (κ2) is 7.75. The normalized spacial score (nSPS) is 11.1. The number of thiophene rings is 1. The Morgan fingerprint density at radius 3 is 1.60 bits per heavy atom. The third-order valence-corrected chi connectivity index (χ3v) is 4.65. The topological polar surface area (TPSA) is 18.5 Å². The van der Waals surface area contributed by atoms with E-state index in [4.69, 9.17) is 9.47 Å². The van der Waals surface area contributed by atoms with Gasteiger partial charge in [0.25, 0.3) is 0 Å². The lowest BCUT2D eigenvalue weighted by molar-refractivity contribution is 0.242. The molecule has 0 fully saturated rings. The van der Waals surface area contributed by atoms with Gasteiger partial charge in [0.1, 0.15) is 11.5 Å². The van der Waals surface area contributed by atoms with E-state index in [0.29, 0.717) is 0 Å². The number of benzene rings is 2. The van der Waals surface area contributed by atoms with E-state index in [9.17, 15) is 0 Å². The Hall–Kier alpha value is -2.26. The van der Waals surface area contributed by atoms with Crippen LogP contribution in [0.5, 0.6) is 11.5 Å². The molecule has 2 aromatic carbocycles. The van der Waals surface area contributed by atoms with Gasteiger partial charge in [0.15, 0.2) is 0 Å². The van der Waals surface area contributed by atoms with Gasteiger partial charge in [0, 0.05) is 4.88 Å². The van der Waals surface area contributed by atoms with Crippen LogP contribution in [-0.2, 0) is 0 Å². The summed E-state index contributed by atoms with van der Waals surface area (Å²) in [4.78, 5) is 1.26. The van der Waals surface area contributed by atoms with Crippen LogP contribution < -0.4 is 9.47 Å². The first-order valence-corrected chi connectivity index (χ1v) is 9.52. The minimum atomic E-state index is 0.196. The van der Waals surface area contributed by atoms with Crippen LogP contribution in [0.1, 0.15) is 27.7 Å². The minimum absolute atomic E-state index is 0.196. The molecule has 3 rings (SSSR count). The number of hydrogen-bond donors (Lipinski definition) is 0. The molecule has 3 aromatic rings. The molecule has 0 spiro atoms. The van der Waals surface area contributed by atoms with Crippen LogP contribution in [0, 0.1) is 0 Å². The van der Waals surface area contributed by atoms with Crippen molar-refractivity contribution in [3.8, 4) is 33.1 Å². The fourth-order valence-corrected chi connectivity index (χ4v) is 3.53. The van der Waals surface area contributed by atoms with Crippen molar-refractivity contribution in [1.29, 1.82) is 0 Å². The van der Waals surface area contributed by atoms with Crippen molar-refractivity contribution in [2.45, 2.75) is 39.9 Å². The minimum Gasteiger partial charge on any atom is -0.491 e. The maximum absolute atomic E-state index is 5.71. The smallest absolute Gasteiger partial charge is 0.119 e. The molecule has 130 valence electrons. The van der Waals surface area contributed by atoms with E-state index in [2.05, 4.69) is 35.7 Å². The van der Waals surface area contributed by atoms with Gasteiger partial charge in [-0.2, -0.15) is 0 Å². The monoisotopic (exact) mass is 352 g/mol. The van der Waals surface area contributed by atoms with Crippen molar-refractivity contribution in [2.75, 3.05) is 0 Å². The maximum atomic E-state index is 5.71. The molecule has 0 bridgehead atoms. The van der Waals surface area contributed by atoms with E-state index in [1.165, 1.54) is 21.6 Å². The first kappa shape index (κ1) is 17.6. The van der Waals surface area contributed by atoms with Gasteiger partial charge in [-0.3, -0.25) is 0 Å². The van der Waals surface area contributed by atoms with Crippen LogP contribution in [-0.4, -0.2) is 12.2 Å². The highest BCUT2D eigenvalue weighted by atomic mass is 32.1. The van der Waals surface area contributed by atoms with Crippen LogP contribution in [0.4, 0.5) is 0 Å². The highest BCUT2D eigenvalue weighted by molar-refractivity contribution is 7.14. The molecule has 1 heterocycles. The van der Waals surface area contributed by atoms with Gasteiger partial charge in [0.05, 0.1) is 12.2 Å². The van der Waals surface area contributed by atoms with Crippen LogP contribution in [0.15, 0.2) is 60.0 Å². The summed E-state index contributed by atoms with van der Waals surface area (Å²) < 4.78 is 11.4. The molecular weight excluding hydrogens is 328 g/mol. The van der Waals surface area contributed by atoms with E-state index >= 15 is 0 Å². The fourth-order valence-electron chi connectivity index (χ4n) is 2.61. The molecule has 25 heavy (non-hydrogen) atoms. The number of ether oxygens (including phenoxy) is 2. The molecule has 0 atom stereocenters. The summed E-state index contributed by atoms with van der Waals surface area (Å²) in [5.74, 6) is 1.83. The quantitative estimate of drug-likeness (QED) is 0.494. The highest BCUT2D eigenvalue weighted by Gasteiger charge is 2.06. The number of rotatable bonds is 6. The van der Waals surface area contributed by atoms with Crippen LogP contribution >= 0.6 is 11.3 Å². The third kappa shape index (κ3) is 4.64. The summed E-state index contributed by atoms with van der Waals surface area (Å²) in [6, 6.07) is 18.8. The Morgan fingerprint density at radius 1 is 0.640 bits per heavy atom. The van der Waals surface area contributed by atoms with Gasteiger partial charge in [-0.25, -0.2) is 0 Å². The van der Waals surface area contributed by atoms with Crippen molar-refractivity contribution in [3.63, 3.8) is 0 Å². The molecule has 0 amide bonds. The lowest BCUT2D eigenvalue weighted by Crippen LogP contribution is -2.05. The lowest BCUT2D eigenvalue weighted by Gasteiger charge is -2.10. The number of hydrogen-bond acceptors (Lipinski definition) is 3. The fraction of sp³-hybridized carbons (Fsp3) is 0.273. The van der Waals surface area contributed by atoms with Gasteiger partial charge in [0.2, 0.25) is 0 Å². The predicted octanol–water partition coefficient (Wildman–Crippen LogP) is 6.66. The standard InChI is InChI=1S/C22H24O2S/c1-15(2)23-20-9-5-17(6-10-20)19-13-22(25-14-19)18-7-11-21(12-8-18)24-16(3)4/h5-16H,1-4H3. The summed E-state index contributed by atoms with van der Waals surface area (Å²) in [5, 5.41) is 2.20. The largest absolute Gasteiger partial charge is 0.491 e. The summed E-state index contributed by atoms with van der Waals surface area (Å²) in [6.07, 6.45) is 0.392. The van der Waals surface area contributed by atoms with Gasteiger partial charge >= 0.3 is 0 Å². The van der Waals surface area contributed by atoms with Crippen molar-refractivity contribution < 1.29 is 9.47 Å². The SMILES string of the molecule is CC(C)Oc1ccc(-c2csc(-c3ccc(OC(C)C)cc3)c2)cc1. The molecule has 0 aliphatic heterocycles. The maximum Gasteiger partial charge on any atom is 0.119 e. The third-order valence-electron chi connectivity index (χ3n) is 3.67. The zero-order valence-electron chi connectivity index (χ0n) is 15.2. The second-order valence-corrected chi connectivity index (χ2v) is 7.49. The molecule has 0 aliphatic rings. The van der Waals surface area contributed by atoms with Crippen molar-refractivity contribution in [3.05, 3.63) is 60.0 Å². The van der Waals surface area contributed by atoms with Gasteiger partial charge < -0.3 is 9.47 Å². The van der Waals surface area contributed by atoms with Crippen LogP contribution in [0.2, 0.25) is 0 Å². The van der Waals surface area contributed by atoms with Crippen molar-refractivity contribution in [1.82, 2.24) is 0 Å². The van der Waals surface area contributed by atoms with Crippen molar-refractivity contribution >= 4 is 11.3 Å². The first-order valence-electron chi connectivity index (χ1n) is 8.64. The van der Waals surface area contributed by atoms with Crippen LogP contribution in [0.25, 0.3) is 21.6 Å². The molecule has 0 saturated heterocycles. The lowest BCUT2D eigenvalue weighted by atomic mass is 10.1. The van der Waals surface area contributed by atoms with E-state index in [-0.39, 0.29) is 12.2 Å². The van der Waals surface area contributed by atoms with Gasteiger partial charge in [-0.1, -0.05) is 12.1 Å². The van der Waals surface area contributed by atoms with E-state index in [1.807, 2.05) is 52.0 Å². The zero-order valence-corrected chi connectivity index (χ0v) is 16.0. The molecule has 0 radical (unpaired) electrons. The highest BCUT2D eigenvalue weighted by Crippen LogP contribution is 2.34. The van der Waals surface area contributed by atoms with E-state index < -0.39 is 0 Å². The summed E-state index contributed by atoms with van der Waals surface area (Å²) >= 11 is 1.76. The molecule has 0 saturated carbocycles. The Morgan fingerprint density at radius 2 is 1.12 bits per heavy atom. The second-order valence-electron chi connectivity index (χ2n) is 6.58. The average molecular weight is 352 g/mol. The molecule has 2 nitrogen and oxygen atoms in total. The first-order chi connectivity index (χ1) is 12.0. The predicted molar refractivity (Wildman–Crippen MR) is 107 cm³/mol. The van der Waals surface area contributed by atoms with Gasteiger partial charge in [-0.05, 0) is 92.2 Å². The Kier molecular flexibility index (Phi) is 5.44. The van der Waals surface area contributed by atoms with Gasteiger partial charge in [-0.15, -0.1) is 11.3 Å². The summed E-state index contributed by atoms with van der Waals surface area (Å²) in [6.45, 7) is 8.15. The summed E-state index contributed by atoms with van der Waals surface area (Å²) in [5.41, 5.74) is 3.66. The molecule has 0 unspecified atom stereocenters. The zero-order chi connectivity index (χ0) is 17.8. The average Bonchev–Trinajstić information content (AvgIpc) is 3.05. The van der Waals surface area contributed by atoms with Crippen LogP contribution in [0.3, 0.4) is 0 Å². The van der Waals surface area contributed by atoms with E-state index in [0.717, 1.165) is 11.5 Å².